The van der Waals surface area contributed by atoms with E-state index in [2.05, 4.69) is 51.6 Å². The van der Waals surface area contributed by atoms with E-state index in [4.69, 9.17) is 0 Å². The molecule has 3 rings (SSSR count). The molecule has 1 heterocycles. The van der Waals surface area contributed by atoms with Gasteiger partial charge in [0, 0.05) is 39.3 Å². The predicted octanol–water partition coefficient (Wildman–Crippen LogP) is 2.46. The molecule has 2 aliphatic rings. The molecule has 0 spiro atoms. The van der Waals surface area contributed by atoms with E-state index < -0.39 is 25.5 Å². The molecule has 1 fully saturated rings. The van der Waals surface area contributed by atoms with Crippen LogP contribution in [0.5, 0.6) is 0 Å². The van der Waals surface area contributed by atoms with Gasteiger partial charge in [-0.25, -0.2) is 17.9 Å². The second kappa shape index (κ2) is 12.3. The third kappa shape index (κ3) is 8.10. The highest BCUT2D eigenvalue weighted by atomic mass is 32.2. The number of sulfonamides is 1. The highest BCUT2D eigenvalue weighted by molar-refractivity contribution is 7.90. The molecule has 2 atom stereocenters. The first kappa shape index (κ1) is 28.3. The van der Waals surface area contributed by atoms with Gasteiger partial charge in [0.15, 0.2) is 0 Å². The molecule has 8 nitrogen and oxygen atoms in total. The zero-order chi connectivity index (χ0) is 25.6. The SMILES string of the molecule is CC(CNS(=O)(=O)C(C)C)C1CC=C(c2ccc(CCNS(=O)(=O)N3CCN(C)CC3)cc2)CC1. The molecule has 0 amide bonds. The fourth-order valence-electron chi connectivity index (χ4n) is 4.54. The Bertz CT molecular complexity index is 1060. The lowest BCUT2D eigenvalue weighted by atomic mass is 9.80. The first-order valence-corrected chi connectivity index (χ1v) is 15.7. The fraction of sp³-hybridized carbons (Fsp3) is 0.680. The number of likely N-dealkylation sites (N-methyl/N-ethyl adjacent to an activating group) is 1. The minimum Gasteiger partial charge on any atom is -0.304 e. The van der Waals surface area contributed by atoms with Crippen molar-refractivity contribution in [3.8, 4) is 0 Å². The van der Waals surface area contributed by atoms with Crippen molar-refractivity contribution in [1.29, 1.82) is 0 Å². The monoisotopic (exact) mass is 526 g/mol. The normalized spacial score (nSPS) is 21.7. The molecule has 0 radical (unpaired) electrons. The maximum atomic E-state index is 12.5. The van der Waals surface area contributed by atoms with Crippen LogP contribution in [-0.2, 0) is 26.7 Å². The maximum Gasteiger partial charge on any atom is 0.279 e. The van der Waals surface area contributed by atoms with Gasteiger partial charge in [-0.15, -0.1) is 0 Å². The Kier molecular flexibility index (Phi) is 9.93. The van der Waals surface area contributed by atoms with E-state index >= 15 is 0 Å². The smallest absolute Gasteiger partial charge is 0.279 e. The molecule has 2 unspecified atom stereocenters. The zero-order valence-electron chi connectivity index (χ0n) is 21.5. The van der Waals surface area contributed by atoms with Crippen molar-refractivity contribution in [2.24, 2.45) is 11.8 Å². The van der Waals surface area contributed by atoms with E-state index in [0.717, 1.165) is 37.9 Å². The summed E-state index contributed by atoms with van der Waals surface area (Å²) in [6, 6.07) is 8.40. The Morgan fingerprint density at radius 2 is 1.63 bits per heavy atom. The molecule has 198 valence electrons. The van der Waals surface area contributed by atoms with Crippen LogP contribution in [0.2, 0.25) is 0 Å². The Morgan fingerprint density at radius 1 is 0.971 bits per heavy atom. The Morgan fingerprint density at radius 3 is 2.20 bits per heavy atom. The van der Waals surface area contributed by atoms with Crippen LogP contribution >= 0.6 is 0 Å². The summed E-state index contributed by atoms with van der Waals surface area (Å²) in [5, 5.41) is -0.410. The molecule has 1 aliphatic carbocycles. The van der Waals surface area contributed by atoms with Crippen LogP contribution in [0.1, 0.15) is 51.2 Å². The van der Waals surface area contributed by atoms with Gasteiger partial charge in [-0.2, -0.15) is 12.7 Å². The summed E-state index contributed by atoms with van der Waals surface area (Å²) in [4.78, 5) is 2.13. The third-order valence-electron chi connectivity index (χ3n) is 7.31. The van der Waals surface area contributed by atoms with E-state index in [0.29, 0.717) is 44.4 Å². The van der Waals surface area contributed by atoms with Gasteiger partial charge in [0.25, 0.3) is 10.2 Å². The van der Waals surface area contributed by atoms with Gasteiger partial charge < -0.3 is 4.90 Å². The van der Waals surface area contributed by atoms with Gasteiger partial charge in [0.2, 0.25) is 10.0 Å². The number of hydrogen-bond donors (Lipinski definition) is 2. The summed E-state index contributed by atoms with van der Waals surface area (Å²) in [6.07, 6.45) is 5.93. The van der Waals surface area contributed by atoms with E-state index in [1.54, 1.807) is 13.8 Å². The average molecular weight is 527 g/mol. The zero-order valence-corrected chi connectivity index (χ0v) is 23.2. The first-order chi connectivity index (χ1) is 16.5. The number of rotatable bonds is 11. The summed E-state index contributed by atoms with van der Waals surface area (Å²) in [7, 11) is -4.64. The Labute approximate surface area is 212 Å². The van der Waals surface area contributed by atoms with Crippen LogP contribution in [0.15, 0.2) is 30.3 Å². The fourth-order valence-corrected chi connectivity index (χ4v) is 6.56. The Balaban J connectivity index is 1.45. The van der Waals surface area contributed by atoms with Gasteiger partial charge >= 0.3 is 0 Å². The summed E-state index contributed by atoms with van der Waals surface area (Å²) in [5.74, 6) is 0.763. The van der Waals surface area contributed by atoms with Crippen LogP contribution in [0, 0.1) is 11.8 Å². The average Bonchev–Trinajstić information content (AvgIpc) is 2.83. The van der Waals surface area contributed by atoms with Crippen molar-refractivity contribution >= 4 is 25.8 Å². The number of nitrogens with one attached hydrogen (secondary N) is 2. The van der Waals surface area contributed by atoms with Crippen molar-refractivity contribution in [2.45, 2.75) is 51.7 Å². The van der Waals surface area contributed by atoms with Crippen LogP contribution in [0.25, 0.3) is 5.57 Å². The number of allylic oxidation sites excluding steroid dienone is 2. The van der Waals surface area contributed by atoms with Crippen LogP contribution < -0.4 is 9.44 Å². The highest BCUT2D eigenvalue weighted by Gasteiger charge is 2.25. The van der Waals surface area contributed by atoms with E-state index in [-0.39, 0.29) is 0 Å². The van der Waals surface area contributed by atoms with Gasteiger partial charge in [-0.3, -0.25) is 0 Å². The van der Waals surface area contributed by atoms with Gasteiger partial charge in [0.05, 0.1) is 5.25 Å². The molecule has 0 aromatic heterocycles. The largest absolute Gasteiger partial charge is 0.304 e. The predicted molar refractivity (Wildman–Crippen MR) is 143 cm³/mol. The first-order valence-electron chi connectivity index (χ1n) is 12.7. The van der Waals surface area contributed by atoms with Gasteiger partial charge in [-0.05, 0) is 75.1 Å². The molecule has 10 heteroatoms. The maximum absolute atomic E-state index is 12.5. The van der Waals surface area contributed by atoms with E-state index in [1.807, 2.05) is 7.05 Å². The number of nitrogens with zero attached hydrogens (tertiary/aromatic N) is 2. The van der Waals surface area contributed by atoms with Gasteiger partial charge in [0.1, 0.15) is 0 Å². The molecular weight excluding hydrogens is 484 g/mol. The minimum absolute atomic E-state index is 0.290. The summed E-state index contributed by atoms with van der Waals surface area (Å²) in [5.41, 5.74) is 3.65. The summed E-state index contributed by atoms with van der Waals surface area (Å²) < 4.78 is 56.0. The second-order valence-electron chi connectivity index (χ2n) is 10.2. The second-order valence-corrected chi connectivity index (χ2v) is 14.3. The quantitative estimate of drug-likeness (QED) is 0.462. The summed E-state index contributed by atoms with van der Waals surface area (Å²) in [6.45, 7) is 8.97. The van der Waals surface area contributed by atoms with Crippen LogP contribution in [0.4, 0.5) is 0 Å². The molecular formula is C25H42N4O4S2. The highest BCUT2D eigenvalue weighted by Crippen LogP contribution is 2.34. The van der Waals surface area contributed by atoms with Crippen molar-refractivity contribution in [1.82, 2.24) is 18.6 Å². The molecule has 1 aromatic carbocycles. The lowest BCUT2D eigenvalue weighted by Crippen LogP contribution is -2.51. The molecule has 35 heavy (non-hydrogen) atoms. The lowest BCUT2D eigenvalue weighted by molar-refractivity contribution is 0.221. The molecule has 1 aliphatic heterocycles. The van der Waals surface area contributed by atoms with Crippen molar-refractivity contribution in [2.75, 3.05) is 46.3 Å². The number of piperazine rings is 1. The van der Waals surface area contributed by atoms with Crippen molar-refractivity contribution in [3.05, 3.63) is 41.5 Å². The van der Waals surface area contributed by atoms with Crippen LogP contribution in [0.3, 0.4) is 0 Å². The van der Waals surface area contributed by atoms with E-state index in [9.17, 15) is 16.8 Å². The third-order valence-corrected chi connectivity index (χ3v) is 10.7. The van der Waals surface area contributed by atoms with Crippen LogP contribution in [-0.4, -0.2) is 77.6 Å². The minimum atomic E-state index is -3.42. The Hall–Kier alpha value is -1.30. The van der Waals surface area contributed by atoms with Crippen molar-refractivity contribution < 1.29 is 16.8 Å². The number of benzene rings is 1. The molecule has 0 saturated carbocycles. The number of hydrogen-bond acceptors (Lipinski definition) is 5. The molecule has 1 saturated heterocycles. The topological polar surface area (TPSA) is 98.8 Å². The standard InChI is InChI=1S/C25H42N4O4S2/c1-20(2)34(30,31)27-19-21(3)23-9-11-25(12-10-23)24-7-5-22(6-8-24)13-14-26-35(32,33)29-17-15-28(4)16-18-29/h5-8,11,20-21,23,26-27H,9-10,12-19H2,1-4H3. The molecule has 0 bridgehead atoms. The molecule has 1 aromatic rings. The summed E-state index contributed by atoms with van der Waals surface area (Å²) >= 11 is 0. The molecule has 2 N–H and O–H groups in total. The van der Waals surface area contributed by atoms with Gasteiger partial charge in [-0.1, -0.05) is 37.3 Å². The van der Waals surface area contributed by atoms with E-state index in [1.165, 1.54) is 15.4 Å². The van der Waals surface area contributed by atoms with Crippen molar-refractivity contribution in [3.63, 3.8) is 0 Å². The lowest BCUT2D eigenvalue weighted by Gasteiger charge is -2.31.